The van der Waals surface area contributed by atoms with Crippen molar-refractivity contribution in [1.29, 1.82) is 0 Å². The van der Waals surface area contributed by atoms with Crippen LogP contribution in [-0.4, -0.2) is 21.0 Å². The second kappa shape index (κ2) is 8.04. The van der Waals surface area contributed by atoms with Gasteiger partial charge in [-0.05, 0) is 24.6 Å². The highest BCUT2D eigenvalue weighted by molar-refractivity contribution is 7.85. The van der Waals surface area contributed by atoms with Crippen LogP contribution in [0.3, 0.4) is 0 Å². The molecule has 0 aliphatic carbocycles. The van der Waals surface area contributed by atoms with Crippen LogP contribution in [0.15, 0.2) is 23.1 Å². The lowest BCUT2D eigenvalue weighted by molar-refractivity contribution is 0.0696. The van der Waals surface area contributed by atoms with E-state index in [0.717, 1.165) is 38.2 Å². The maximum absolute atomic E-state index is 13.5. The summed E-state index contributed by atoms with van der Waals surface area (Å²) in [6, 6.07) is 3.41. The van der Waals surface area contributed by atoms with E-state index in [-0.39, 0.29) is 10.5 Å². The van der Waals surface area contributed by atoms with E-state index in [0.29, 0.717) is 5.75 Å². The van der Waals surface area contributed by atoms with Crippen LogP contribution in [0.1, 0.15) is 49.4 Å². The summed E-state index contributed by atoms with van der Waals surface area (Å²) in [6.07, 6.45) is 5.11. The Morgan fingerprint density at radius 2 is 1.95 bits per heavy atom. The van der Waals surface area contributed by atoms with Crippen LogP contribution in [0.5, 0.6) is 0 Å². The lowest BCUT2D eigenvalue weighted by atomic mass is 10.2. The van der Waals surface area contributed by atoms with Crippen LogP contribution in [0.25, 0.3) is 0 Å². The van der Waals surface area contributed by atoms with E-state index in [1.165, 1.54) is 12.1 Å². The lowest BCUT2D eigenvalue weighted by Gasteiger charge is -2.05. The van der Waals surface area contributed by atoms with Gasteiger partial charge in [0.05, 0.1) is 21.3 Å². The molecule has 1 unspecified atom stereocenters. The topological polar surface area (TPSA) is 54.4 Å². The van der Waals surface area contributed by atoms with Gasteiger partial charge in [0, 0.05) is 5.75 Å². The Balaban J connectivity index is 2.61. The van der Waals surface area contributed by atoms with Crippen molar-refractivity contribution in [3.63, 3.8) is 0 Å². The predicted molar refractivity (Wildman–Crippen MR) is 73.4 cm³/mol. The number of hydrogen-bond donors (Lipinski definition) is 1. The van der Waals surface area contributed by atoms with Crippen LogP contribution in [0.2, 0.25) is 0 Å². The average Bonchev–Trinajstić information content (AvgIpc) is 2.38. The zero-order valence-corrected chi connectivity index (χ0v) is 11.8. The minimum Gasteiger partial charge on any atom is -0.478 e. The Labute approximate surface area is 115 Å². The molecule has 0 heterocycles. The summed E-state index contributed by atoms with van der Waals surface area (Å²) in [5.41, 5.74) is -0.0317. The second-order valence-corrected chi connectivity index (χ2v) is 5.95. The fourth-order valence-electron chi connectivity index (χ4n) is 1.76. The summed E-state index contributed by atoms with van der Waals surface area (Å²) in [5, 5.41) is 8.83. The van der Waals surface area contributed by atoms with E-state index in [2.05, 4.69) is 6.92 Å². The highest BCUT2D eigenvalue weighted by Crippen LogP contribution is 2.16. The van der Waals surface area contributed by atoms with Gasteiger partial charge in [0.25, 0.3) is 0 Å². The molecule has 1 rings (SSSR count). The minimum absolute atomic E-state index is 0.00427. The van der Waals surface area contributed by atoms with E-state index in [1.54, 1.807) is 0 Å². The zero-order chi connectivity index (χ0) is 14.3. The van der Waals surface area contributed by atoms with Gasteiger partial charge in [-0.1, -0.05) is 32.6 Å². The normalized spacial score (nSPS) is 12.3. The van der Waals surface area contributed by atoms with Crippen molar-refractivity contribution >= 4 is 16.8 Å². The molecule has 106 valence electrons. The molecule has 19 heavy (non-hydrogen) atoms. The van der Waals surface area contributed by atoms with Gasteiger partial charge in [0.2, 0.25) is 0 Å². The van der Waals surface area contributed by atoms with Gasteiger partial charge in [-0.2, -0.15) is 0 Å². The number of carboxylic acid groups (broad SMARTS) is 1. The second-order valence-electron chi connectivity index (χ2n) is 4.41. The van der Waals surface area contributed by atoms with Crippen molar-refractivity contribution < 1.29 is 18.5 Å². The number of halogens is 1. The van der Waals surface area contributed by atoms with E-state index >= 15 is 0 Å². The molecule has 5 heteroatoms. The van der Waals surface area contributed by atoms with Crippen molar-refractivity contribution in [2.75, 3.05) is 5.75 Å². The Bertz CT molecular complexity index is 460. The molecule has 0 aliphatic heterocycles. The first-order valence-electron chi connectivity index (χ1n) is 6.47. The van der Waals surface area contributed by atoms with Crippen molar-refractivity contribution in [3.8, 4) is 0 Å². The van der Waals surface area contributed by atoms with Crippen molar-refractivity contribution in [2.45, 2.75) is 43.9 Å². The third-order valence-electron chi connectivity index (χ3n) is 2.86. The molecule has 0 saturated heterocycles. The van der Waals surface area contributed by atoms with Crippen LogP contribution in [-0.2, 0) is 10.8 Å². The predicted octanol–water partition coefficient (Wildman–Crippen LogP) is 3.60. The molecule has 0 saturated carbocycles. The molecule has 0 amide bonds. The Hall–Kier alpha value is -1.23. The van der Waals surface area contributed by atoms with Crippen LogP contribution < -0.4 is 0 Å². The van der Waals surface area contributed by atoms with E-state index in [9.17, 15) is 13.4 Å². The van der Waals surface area contributed by atoms with Gasteiger partial charge in [-0.25, -0.2) is 9.18 Å². The van der Waals surface area contributed by atoms with Crippen LogP contribution >= 0.6 is 0 Å². The molecule has 0 aliphatic rings. The molecule has 0 bridgehead atoms. The first-order chi connectivity index (χ1) is 9.06. The average molecular weight is 286 g/mol. The summed E-state index contributed by atoms with van der Waals surface area (Å²) in [7, 11) is -1.47. The lowest BCUT2D eigenvalue weighted by Crippen LogP contribution is -2.04. The molecule has 1 aromatic rings. The molecule has 0 spiro atoms. The first kappa shape index (κ1) is 15.8. The number of benzene rings is 1. The highest BCUT2D eigenvalue weighted by atomic mass is 32.2. The third kappa shape index (κ3) is 5.11. The fraction of sp³-hybridized carbons (Fsp3) is 0.500. The first-order valence-corrected chi connectivity index (χ1v) is 7.79. The van der Waals surface area contributed by atoms with Crippen molar-refractivity contribution in [3.05, 3.63) is 29.6 Å². The van der Waals surface area contributed by atoms with E-state index in [4.69, 9.17) is 5.11 Å². The molecule has 0 fully saturated rings. The van der Waals surface area contributed by atoms with Crippen LogP contribution in [0.4, 0.5) is 4.39 Å². The number of carboxylic acids is 1. The standard InChI is InChI=1S/C14H19FO3S/c1-2-3-4-5-6-9-19(18)13-10-11(14(16)17)7-8-12(13)15/h7-8,10H,2-6,9H2,1H3,(H,16,17). The van der Waals surface area contributed by atoms with E-state index < -0.39 is 22.6 Å². The number of aromatic carboxylic acids is 1. The van der Waals surface area contributed by atoms with Crippen molar-refractivity contribution in [1.82, 2.24) is 0 Å². The molecule has 1 N–H and O–H groups in total. The SMILES string of the molecule is CCCCCCCS(=O)c1cc(C(=O)O)ccc1F. The van der Waals surface area contributed by atoms with E-state index in [1.807, 2.05) is 0 Å². The molecule has 0 aromatic heterocycles. The van der Waals surface area contributed by atoms with Gasteiger partial charge in [-0.15, -0.1) is 0 Å². The largest absolute Gasteiger partial charge is 0.478 e. The Morgan fingerprint density at radius 1 is 1.26 bits per heavy atom. The number of rotatable bonds is 8. The van der Waals surface area contributed by atoms with Gasteiger partial charge >= 0.3 is 5.97 Å². The van der Waals surface area contributed by atoms with Crippen molar-refractivity contribution in [2.24, 2.45) is 0 Å². The zero-order valence-electron chi connectivity index (χ0n) is 11.0. The Morgan fingerprint density at radius 3 is 2.58 bits per heavy atom. The fourth-order valence-corrected chi connectivity index (χ4v) is 2.99. The van der Waals surface area contributed by atoms with Crippen LogP contribution in [0, 0.1) is 5.82 Å². The number of hydrogen-bond acceptors (Lipinski definition) is 2. The molecule has 1 atom stereocenters. The van der Waals surface area contributed by atoms with Gasteiger partial charge in [-0.3, -0.25) is 4.21 Å². The summed E-state index contributed by atoms with van der Waals surface area (Å²) in [6.45, 7) is 2.12. The molecule has 3 nitrogen and oxygen atoms in total. The molecule has 0 radical (unpaired) electrons. The Kier molecular flexibility index (Phi) is 6.70. The summed E-state index contributed by atoms with van der Waals surface area (Å²) < 4.78 is 25.5. The highest BCUT2D eigenvalue weighted by Gasteiger charge is 2.13. The monoisotopic (exact) mass is 286 g/mol. The smallest absolute Gasteiger partial charge is 0.335 e. The maximum Gasteiger partial charge on any atom is 0.335 e. The third-order valence-corrected chi connectivity index (χ3v) is 4.32. The molecular weight excluding hydrogens is 267 g/mol. The molecular formula is C14H19FO3S. The quantitative estimate of drug-likeness (QED) is 0.743. The summed E-state index contributed by atoms with van der Waals surface area (Å²) in [4.78, 5) is 10.8. The summed E-state index contributed by atoms with van der Waals surface area (Å²) in [5.74, 6) is -1.36. The molecule has 1 aromatic carbocycles. The minimum atomic E-state index is -1.47. The van der Waals surface area contributed by atoms with Gasteiger partial charge < -0.3 is 5.11 Å². The number of carbonyl (C=O) groups is 1. The van der Waals surface area contributed by atoms with Gasteiger partial charge in [0.15, 0.2) is 0 Å². The number of unbranched alkanes of at least 4 members (excludes halogenated alkanes) is 4. The van der Waals surface area contributed by atoms with Gasteiger partial charge in [0.1, 0.15) is 5.82 Å². The maximum atomic E-state index is 13.5. The summed E-state index contributed by atoms with van der Waals surface area (Å²) >= 11 is 0.